The lowest BCUT2D eigenvalue weighted by Crippen LogP contribution is -2.02. The standard InChI is InChI=1S/C16H24O3/c1-6-11(2)7-12(3)8-13(4)15-9-14(17)10-16(18-5)19-15/h8-12H,6-7H2,1-5H3/b13-8+/t11-,12+/m1/s1. The van der Waals surface area contributed by atoms with Crippen LogP contribution in [0.1, 0.15) is 46.3 Å². The fourth-order valence-electron chi connectivity index (χ4n) is 2.13. The van der Waals surface area contributed by atoms with E-state index in [2.05, 4.69) is 26.8 Å². The normalized spacial score (nSPS) is 15.1. The third kappa shape index (κ3) is 4.93. The van der Waals surface area contributed by atoms with Crippen LogP contribution in [-0.4, -0.2) is 7.11 Å². The minimum Gasteiger partial charge on any atom is -0.468 e. The molecule has 1 heterocycles. The lowest BCUT2D eigenvalue weighted by molar-refractivity contribution is 0.293. The zero-order valence-electron chi connectivity index (χ0n) is 12.5. The summed E-state index contributed by atoms with van der Waals surface area (Å²) in [6.45, 7) is 8.61. The molecule has 0 amide bonds. The van der Waals surface area contributed by atoms with Crippen LogP contribution in [0.4, 0.5) is 0 Å². The van der Waals surface area contributed by atoms with Crippen LogP contribution in [0.5, 0.6) is 5.95 Å². The molecule has 0 saturated carbocycles. The molecule has 3 heteroatoms. The average molecular weight is 264 g/mol. The lowest BCUT2D eigenvalue weighted by Gasteiger charge is -2.13. The van der Waals surface area contributed by atoms with Gasteiger partial charge in [0, 0.05) is 6.07 Å². The van der Waals surface area contributed by atoms with Gasteiger partial charge in [-0.3, -0.25) is 4.79 Å². The van der Waals surface area contributed by atoms with E-state index in [0.29, 0.717) is 17.6 Å². The molecule has 0 unspecified atom stereocenters. The number of rotatable bonds is 6. The van der Waals surface area contributed by atoms with E-state index in [1.54, 1.807) is 0 Å². The summed E-state index contributed by atoms with van der Waals surface area (Å²) in [6, 6.07) is 2.85. The summed E-state index contributed by atoms with van der Waals surface area (Å²) in [5.41, 5.74) is 0.882. The predicted octanol–water partition coefficient (Wildman–Crippen LogP) is 4.12. The van der Waals surface area contributed by atoms with Gasteiger partial charge in [-0.15, -0.1) is 0 Å². The van der Waals surface area contributed by atoms with E-state index in [4.69, 9.17) is 9.15 Å². The molecule has 0 N–H and O–H groups in total. The minimum absolute atomic E-state index is 0.0968. The second kappa shape index (κ2) is 7.17. The number of methoxy groups -OCH3 is 1. The molecule has 0 saturated heterocycles. The van der Waals surface area contributed by atoms with Gasteiger partial charge in [0.1, 0.15) is 5.76 Å². The fraction of sp³-hybridized carbons (Fsp3) is 0.562. The Morgan fingerprint density at radius 2 is 2.11 bits per heavy atom. The minimum atomic E-state index is -0.0968. The predicted molar refractivity (Wildman–Crippen MR) is 78.4 cm³/mol. The first kappa shape index (κ1) is 15.5. The average Bonchev–Trinajstić information content (AvgIpc) is 2.37. The molecular weight excluding hydrogens is 240 g/mol. The fourth-order valence-corrected chi connectivity index (χ4v) is 2.13. The Kier molecular flexibility index (Phi) is 5.87. The number of ether oxygens (including phenoxy) is 1. The maximum absolute atomic E-state index is 11.5. The Bertz CT molecular complexity index is 485. The molecule has 19 heavy (non-hydrogen) atoms. The van der Waals surface area contributed by atoms with Crippen molar-refractivity contribution in [3.63, 3.8) is 0 Å². The largest absolute Gasteiger partial charge is 0.468 e. The molecule has 3 nitrogen and oxygen atoms in total. The van der Waals surface area contributed by atoms with Crippen molar-refractivity contribution in [1.82, 2.24) is 0 Å². The quantitative estimate of drug-likeness (QED) is 0.775. The van der Waals surface area contributed by atoms with Crippen LogP contribution in [0.25, 0.3) is 5.57 Å². The first-order valence-electron chi connectivity index (χ1n) is 6.84. The van der Waals surface area contributed by atoms with E-state index in [9.17, 15) is 4.79 Å². The molecule has 1 rings (SSSR count). The highest BCUT2D eigenvalue weighted by molar-refractivity contribution is 5.59. The Labute approximate surface area is 115 Å². The maximum Gasteiger partial charge on any atom is 0.288 e. The van der Waals surface area contributed by atoms with Gasteiger partial charge in [0.2, 0.25) is 0 Å². The zero-order chi connectivity index (χ0) is 14.4. The Morgan fingerprint density at radius 1 is 1.42 bits per heavy atom. The topological polar surface area (TPSA) is 39.4 Å². The second-order valence-electron chi connectivity index (χ2n) is 5.26. The van der Waals surface area contributed by atoms with Gasteiger partial charge in [0.15, 0.2) is 5.43 Å². The molecule has 0 aliphatic rings. The van der Waals surface area contributed by atoms with Crippen LogP contribution in [0.2, 0.25) is 0 Å². The van der Waals surface area contributed by atoms with Crippen molar-refractivity contribution in [2.75, 3.05) is 7.11 Å². The van der Waals surface area contributed by atoms with Gasteiger partial charge in [-0.05, 0) is 30.8 Å². The molecule has 0 aromatic carbocycles. The van der Waals surface area contributed by atoms with Gasteiger partial charge in [-0.25, -0.2) is 0 Å². The van der Waals surface area contributed by atoms with Crippen LogP contribution in [0.15, 0.2) is 27.4 Å². The van der Waals surface area contributed by atoms with E-state index in [1.807, 2.05) is 6.92 Å². The van der Waals surface area contributed by atoms with Crippen LogP contribution in [0, 0.1) is 11.8 Å². The van der Waals surface area contributed by atoms with E-state index >= 15 is 0 Å². The molecular formula is C16H24O3. The third-order valence-electron chi connectivity index (χ3n) is 3.34. The van der Waals surface area contributed by atoms with E-state index < -0.39 is 0 Å². The second-order valence-corrected chi connectivity index (χ2v) is 5.26. The van der Waals surface area contributed by atoms with Gasteiger partial charge in [0.05, 0.1) is 13.2 Å². The summed E-state index contributed by atoms with van der Waals surface area (Å²) in [4.78, 5) is 11.5. The van der Waals surface area contributed by atoms with Crippen molar-refractivity contribution in [3.8, 4) is 5.95 Å². The number of hydrogen-bond acceptors (Lipinski definition) is 3. The molecule has 0 radical (unpaired) electrons. The smallest absolute Gasteiger partial charge is 0.288 e. The highest BCUT2D eigenvalue weighted by atomic mass is 16.6. The summed E-state index contributed by atoms with van der Waals surface area (Å²) >= 11 is 0. The number of allylic oxidation sites excluding steroid dienone is 2. The van der Waals surface area contributed by atoms with Crippen molar-refractivity contribution in [2.45, 2.75) is 40.5 Å². The molecule has 2 atom stereocenters. The van der Waals surface area contributed by atoms with E-state index in [-0.39, 0.29) is 11.4 Å². The molecule has 1 aromatic rings. The van der Waals surface area contributed by atoms with Gasteiger partial charge in [0.25, 0.3) is 5.95 Å². The maximum atomic E-state index is 11.5. The van der Waals surface area contributed by atoms with Gasteiger partial charge in [-0.1, -0.05) is 33.3 Å². The van der Waals surface area contributed by atoms with Crippen LogP contribution in [-0.2, 0) is 0 Å². The first-order valence-corrected chi connectivity index (χ1v) is 6.84. The highest BCUT2D eigenvalue weighted by Gasteiger charge is 2.08. The van der Waals surface area contributed by atoms with Gasteiger partial charge < -0.3 is 9.15 Å². The summed E-state index contributed by atoms with van der Waals surface area (Å²) in [5.74, 6) is 2.01. The molecule has 106 valence electrons. The molecule has 0 spiro atoms. The van der Waals surface area contributed by atoms with E-state index in [0.717, 1.165) is 12.0 Å². The number of hydrogen-bond donors (Lipinski definition) is 0. The summed E-state index contributed by atoms with van der Waals surface area (Å²) < 4.78 is 10.5. The Morgan fingerprint density at radius 3 is 2.68 bits per heavy atom. The molecule has 0 bridgehead atoms. The highest BCUT2D eigenvalue weighted by Crippen LogP contribution is 2.22. The monoisotopic (exact) mass is 264 g/mol. The molecule has 1 aromatic heterocycles. The van der Waals surface area contributed by atoms with Crippen molar-refractivity contribution in [3.05, 3.63) is 34.2 Å². The van der Waals surface area contributed by atoms with Crippen LogP contribution >= 0.6 is 0 Å². The lowest BCUT2D eigenvalue weighted by atomic mass is 9.93. The third-order valence-corrected chi connectivity index (χ3v) is 3.34. The summed E-state index contributed by atoms with van der Waals surface area (Å²) in [5, 5.41) is 0. The van der Waals surface area contributed by atoms with Crippen molar-refractivity contribution >= 4 is 5.57 Å². The first-order chi connectivity index (χ1) is 8.96. The van der Waals surface area contributed by atoms with Crippen LogP contribution < -0.4 is 10.2 Å². The molecule has 0 aliphatic carbocycles. The summed E-state index contributed by atoms with van der Waals surface area (Å²) in [6.07, 6.45) is 4.48. The van der Waals surface area contributed by atoms with Crippen LogP contribution in [0.3, 0.4) is 0 Å². The Balaban J connectivity index is 2.89. The van der Waals surface area contributed by atoms with Crippen molar-refractivity contribution in [1.29, 1.82) is 0 Å². The van der Waals surface area contributed by atoms with Crippen molar-refractivity contribution in [2.24, 2.45) is 11.8 Å². The zero-order valence-corrected chi connectivity index (χ0v) is 12.5. The summed E-state index contributed by atoms with van der Waals surface area (Å²) in [7, 11) is 1.49. The SMILES string of the molecule is CC[C@@H](C)C[C@H](C)/C=C(\C)c1cc(=O)cc(OC)o1. The van der Waals surface area contributed by atoms with E-state index in [1.165, 1.54) is 25.7 Å². The van der Waals surface area contributed by atoms with Gasteiger partial charge in [-0.2, -0.15) is 0 Å². The Hall–Kier alpha value is -1.51. The molecule has 0 aliphatic heterocycles. The van der Waals surface area contributed by atoms with Gasteiger partial charge >= 0.3 is 0 Å². The van der Waals surface area contributed by atoms with Crippen molar-refractivity contribution < 1.29 is 9.15 Å². The molecule has 0 fully saturated rings.